The van der Waals surface area contributed by atoms with Gasteiger partial charge in [0.2, 0.25) is 20.9 Å². The van der Waals surface area contributed by atoms with Crippen molar-refractivity contribution in [2.24, 2.45) is 23.5 Å². The monoisotopic (exact) mass is 422 g/mol. The predicted molar refractivity (Wildman–Crippen MR) is 111 cm³/mol. The Morgan fingerprint density at radius 2 is 1.83 bits per heavy atom. The van der Waals surface area contributed by atoms with E-state index in [0.29, 0.717) is 24.9 Å². The summed E-state index contributed by atoms with van der Waals surface area (Å²) in [5.74, 6) is 0.698. The van der Waals surface area contributed by atoms with Crippen molar-refractivity contribution in [2.75, 3.05) is 18.8 Å². The van der Waals surface area contributed by atoms with E-state index in [1.165, 1.54) is 19.3 Å². The number of sulfone groups is 1. The van der Waals surface area contributed by atoms with Crippen LogP contribution in [0.4, 0.5) is 0 Å². The van der Waals surface area contributed by atoms with Crippen molar-refractivity contribution in [3.05, 3.63) is 11.9 Å². The van der Waals surface area contributed by atoms with Crippen LogP contribution in [0.3, 0.4) is 0 Å². The van der Waals surface area contributed by atoms with E-state index < -0.39 is 9.84 Å². The summed E-state index contributed by atoms with van der Waals surface area (Å²) in [6.45, 7) is 2.92. The molecule has 0 spiro atoms. The minimum atomic E-state index is -3.36. The molecule has 3 fully saturated rings. The van der Waals surface area contributed by atoms with Crippen molar-refractivity contribution in [3.63, 3.8) is 0 Å². The molecule has 162 valence electrons. The summed E-state index contributed by atoms with van der Waals surface area (Å²) in [5, 5.41) is 0.258. The molecule has 1 amide bonds. The number of primary amides is 1. The fourth-order valence-corrected chi connectivity index (χ4v) is 6.76. The lowest BCUT2D eigenvalue weighted by Gasteiger charge is -2.31. The second-order valence-corrected chi connectivity index (χ2v) is 11.3. The normalized spacial score (nSPS) is 24.6. The topological polar surface area (TPSA) is 98.3 Å². The highest BCUT2D eigenvalue weighted by Gasteiger charge is 2.33. The van der Waals surface area contributed by atoms with E-state index >= 15 is 0 Å². The molecule has 8 heteroatoms. The number of nitrogens with two attached hydrogens (primary N) is 1. The Hall–Kier alpha value is -1.41. The molecule has 7 nitrogen and oxygen atoms in total. The van der Waals surface area contributed by atoms with Gasteiger partial charge in [-0.05, 0) is 56.9 Å². The Morgan fingerprint density at radius 3 is 2.52 bits per heavy atom. The maximum absolute atomic E-state index is 13.0. The van der Waals surface area contributed by atoms with Gasteiger partial charge >= 0.3 is 0 Å². The zero-order chi connectivity index (χ0) is 20.4. The Balaban J connectivity index is 1.56. The Morgan fingerprint density at radius 1 is 1.07 bits per heavy atom. The number of amides is 1. The first-order valence-electron chi connectivity index (χ1n) is 11.2. The second-order valence-electron chi connectivity index (χ2n) is 9.35. The molecule has 1 saturated heterocycles. The second kappa shape index (κ2) is 8.76. The van der Waals surface area contributed by atoms with Crippen LogP contribution >= 0.6 is 0 Å². The van der Waals surface area contributed by atoms with Crippen LogP contribution in [-0.4, -0.2) is 47.6 Å². The number of aromatic nitrogens is 2. The van der Waals surface area contributed by atoms with Gasteiger partial charge in [0.05, 0.1) is 23.6 Å². The number of likely N-dealkylation sites (tertiary alicyclic amines) is 1. The smallest absolute Gasteiger partial charge is 0.227 e. The molecule has 29 heavy (non-hydrogen) atoms. The fraction of sp³-hybridized carbons (Fsp3) is 0.810. The summed E-state index contributed by atoms with van der Waals surface area (Å²) in [6.07, 6.45) is 11.6. The quantitative estimate of drug-likeness (QED) is 0.693. The van der Waals surface area contributed by atoms with Crippen LogP contribution < -0.4 is 5.73 Å². The molecule has 3 aliphatic rings. The molecular formula is C21H34N4O3S. The van der Waals surface area contributed by atoms with E-state index in [0.717, 1.165) is 57.3 Å². The number of rotatable bonds is 8. The number of nitrogens with zero attached hydrogens (tertiary/aromatic N) is 3. The summed E-state index contributed by atoms with van der Waals surface area (Å²) in [5.41, 5.74) is 6.48. The standard InChI is InChI=1S/C21H34N4O3S/c22-20(26)18-7-4-10-24(13-18)14-19-11-23-21(29(27,28)15-17-8-9-17)25(19)12-16-5-2-1-3-6-16/h11,16-18H,1-10,12-15H2,(H2,22,26)/t18-/m1/s1. The minimum Gasteiger partial charge on any atom is -0.369 e. The average molecular weight is 423 g/mol. The van der Waals surface area contributed by atoms with Crippen LogP contribution in [0, 0.1) is 17.8 Å². The maximum atomic E-state index is 13.0. The molecule has 0 unspecified atom stereocenters. The zero-order valence-corrected chi connectivity index (χ0v) is 18.1. The number of hydrogen-bond acceptors (Lipinski definition) is 5. The molecule has 1 aromatic heterocycles. The largest absolute Gasteiger partial charge is 0.369 e. The molecule has 4 rings (SSSR count). The fourth-order valence-electron chi connectivity index (χ4n) is 4.92. The van der Waals surface area contributed by atoms with Crippen LogP contribution in [0.25, 0.3) is 0 Å². The number of carbonyl (C=O) groups is 1. The highest BCUT2D eigenvalue weighted by molar-refractivity contribution is 7.91. The van der Waals surface area contributed by atoms with Crippen molar-refractivity contribution in [1.82, 2.24) is 14.5 Å². The van der Waals surface area contributed by atoms with Gasteiger partial charge in [0.1, 0.15) is 0 Å². The van der Waals surface area contributed by atoms with Crippen LogP contribution in [0.2, 0.25) is 0 Å². The molecule has 0 aromatic carbocycles. The molecular weight excluding hydrogens is 388 g/mol. The lowest BCUT2D eigenvalue weighted by Crippen LogP contribution is -2.41. The summed E-state index contributed by atoms with van der Waals surface area (Å²) in [6, 6.07) is 0. The minimum absolute atomic E-state index is 0.114. The molecule has 2 heterocycles. The first kappa shape index (κ1) is 20.8. The lowest BCUT2D eigenvalue weighted by molar-refractivity contribution is -0.123. The van der Waals surface area contributed by atoms with Crippen molar-refractivity contribution in [1.29, 1.82) is 0 Å². The highest BCUT2D eigenvalue weighted by atomic mass is 32.2. The third kappa shape index (κ3) is 5.20. The first-order chi connectivity index (χ1) is 13.9. The molecule has 1 atom stereocenters. The predicted octanol–water partition coefficient (Wildman–Crippen LogP) is 2.34. The third-order valence-electron chi connectivity index (χ3n) is 6.79. The van der Waals surface area contributed by atoms with Gasteiger partial charge in [-0.2, -0.15) is 0 Å². The molecule has 2 N–H and O–H groups in total. The van der Waals surface area contributed by atoms with E-state index in [1.807, 2.05) is 4.57 Å². The van der Waals surface area contributed by atoms with Gasteiger partial charge in [-0.15, -0.1) is 0 Å². The van der Waals surface area contributed by atoms with Gasteiger partial charge in [0.15, 0.2) is 0 Å². The zero-order valence-electron chi connectivity index (χ0n) is 17.3. The van der Waals surface area contributed by atoms with Crippen LogP contribution in [0.1, 0.15) is 63.5 Å². The molecule has 2 saturated carbocycles. The van der Waals surface area contributed by atoms with Gasteiger partial charge in [-0.25, -0.2) is 13.4 Å². The molecule has 0 radical (unpaired) electrons. The highest BCUT2D eigenvalue weighted by Crippen LogP contribution is 2.33. The summed E-state index contributed by atoms with van der Waals surface area (Å²) in [4.78, 5) is 18.3. The molecule has 1 aromatic rings. The van der Waals surface area contributed by atoms with Crippen LogP contribution in [0.15, 0.2) is 11.4 Å². The van der Waals surface area contributed by atoms with Crippen molar-refractivity contribution in [2.45, 2.75) is 76.0 Å². The van der Waals surface area contributed by atoms with Gasteiger partial charge in [-0.1, -0.05) is 19.3 Å². The lowest BCUT2D eigenvalue weighted by atomic mass is 9.89. The van der Waals surface area contributed by atoms with Crippen molar-refractivity contribution < 1.29 is 13.2 Å². The van der Waals surface area contributed by atoms with Gasteiger partial charge < -0.3 is 10.3 Å². The van der Waals surface area contributed by atoms with Gasteiger partial charge in [-0.3, -0.25) is 9.69 Å². The number of carbonyl (C=O) groups excluding carboxylic acids is 1. The third-order valence-corrected chi connectivity index (χ3v) is 8.58. The summed E-state index contributed by atoms with van der Waals surface area (Å²) >= 11 is 0. The van der Waals surface area contributed by atoms with E-state index in [9.17, 15) is 13.2 Å². The van der Waals surface area contributed by atoms with E-state index in [4.69, 9.17) is 5.73 Å². The molecule has 2 aliphatic carbocycles. The van der Waals surface area contributed by atoms with Crippen LogP contribution in [0.5, 0.6) is 0 Å². The molecule has 0 bridgehead atoms. The Bertz CT molecular complexity index is 825. The van der Waals surface area contributed by atoms with E-state index in [-0.39, 0.29) is 22.7 Å². The van der Waals surface area contributed by atoms with Gasteiger partial charge in [0, 0.05) is 19.6 Å². The maximum Gasteiger partial charge on any atom is 0.227 e. The van der Waals surface area contributed by atoms with E-state index in [1.54, 1.807) is 6.20 Å². The van der Waals surface area contributed by atoms with Crippen molar-refractivity contribution >= 4 is 15.7 Å². The molecule has 1 aliphatic heterocycles. The van der Waals surface area contributed by atoms with E-state index in [2.05, 4.69) is 9.88 Å². The Kier molecular flexibility index (Phi) is 6.30. The number of imidazole rings is 1. The van der Waals surface area contributed by atoms with Crippen LogP contribution in [-0.2, 0) is 27.7 Å². The summed E-state index contributed by atoms with van der Waals surface area (Å²) in [7, 11) is -3.36. The Labute approximate surface area is 174 Å². The number of piperidine rings is 1. The van der Waals surface area contributed by atoms with Crippen molar-refractivity contribution in [3.8, 4) is 0 Å². The van der Waals surface area contributed by atoms with Gasteiger partial charge in [0.25, 0.3) is 0 Å². The average Bonchev–Trinajstić information content (AvgIpc) is 3.41. The first-order valence-corrected chi connectivity index (χ1v) is 12.9. The SMILES string of the molecule is NC(=O)[C@@H]1CCCN(Cc2cnc(S(=O)(=O)CC3CC3)n2CC2CCCCC2)C1. The summed E-state index contributed by atoms with van der Waals surface area (Å²) < 4.78 is 28.1. The number of hydrogen-bond donors (Lipinski definition) is 1.